The van der Waals surface area contributed by atoms with Crippen LogP contribution in [0.2, 0.25) is 0 Å². The monoisotopic (exact) mass is 202 g/mol. The number of benzene rings is 1. The third-order valence-corrected chi connectivity index (χ3v) is 2.19. The van der Waals surface area contributed by atoms with Crippen LogP contribution >= 0.6 is 0 Å². The van der Waals surface area contributed by atoms with Gasteiger partial charge in [-0.25, -0.2) is 4.39 Å². The van der Waals surface area contributed by atoms with E-state index in [2.05, 4.69) is 4.98 Å². The number of anilines is 1. The summed E-state index contributed by atoms with van der Waals surface area (Å²) in [6, 6.07) is 6.68. The molecule has 0 aliphatic rings. The summed E-state index contributed by atoms with van der Waals surface area (Å²) in [6.07, 6.45) is 3.14. The zero-order valence-electron chi connectivity index (χ0n) is 8.37. The molecule has 2 nitrogen and oxygen atoms in total. The molecule has 0 amide bonds. The lowest BCUT2D eigenvalue weighted by molar-refractivity contribution is 0.631. The summed E-state index contributed by atoms with van der Waals surface area (Å²) in [5.41, 5.74) is 8.38. The first-order valence-electron chi connectivity index (χ1n) is 4.64. The number of hydrogen-bond donors (Lipinski definition) is 1. The highest BCUT2D eigenvalue weighted by atomic mass is 19.1. The quantitative estimate of drug-likeness (QED) is 0.772. The summed E-state index contributed by atoms with van der Waals surface area (Å²) in [5, 5.41) is 0. The second kappa shape index (κ2) is 3.69. The Kier molecular flexibility index (Phi) is 2.37. The van der Waals surface area contributed by atoms with Gasteiger partial charge in [-0.15, -0.1) is 0 Å². The van der Waals surface area contributed by atoms with Crippen LogP contribution in [0, 0.1) is 12.7 Å². The van der Waals surface area contributed by atoms with Gasteiger partial charge in [-0.05, 0) is 25.1 Å². The molecule has 1 aromatic heterocycles. The topological polar surface area (TPSA) is 38.9 Å². The fraction of sp³-hybridized carbons (Fsp3) is 0.0833. The average Bonchev–Trinajstić information content (AvgIpc) is 2.22. The van der Waals surface area contributed by atoms with Gasteiger partial charge in [0.2, 0.25) is 0 Å². The Balaban J connectivity index is 2.58. The Hall–Kier alpha value is -1.90. The molecule has 2 aromatic rings. The van der Waals surface area contributed by atoms with E-state index in [0.29, 0.717) is 16.8 Å². The number of nitrogens with zero attached hydrogens (tertiary/aromatic N) is 1. The first kappa shape index (κ1) is 9.65. The molecule has 0 bridgehead atoms. The molecule has 0 saturated heterocycles. The third kappa shape index (κ3) is 1.96. The third-order valence-electron chi connectivity index (χ3n) is 2.19. The van der Waals surface area contributed by atoms with Gasteiger partial charge in [0.25, 0.3) is 0 Å². The van der Waals surface area contributed by atoms with Crippen LogP contribution in [-0.2, 0) is 0 Å². The van der Waals surface area contributed by atoms with Crippen LogP contribution in [0.25, 0.3) is 11.1 Å². The minimum Gasteiger partial charge on any atom is -0.397 e. The summed E-state index contributed by atoms with van der Waals surface area (Å²) in [7, 11) is 0. The maximum absolute atomic E-state index is 13.5. The van der Waals surface area contributed by atoms with E-state index >= 15 is 0 Å². The molecular formula is C12H11FN2. The van der Waals surface area contributed by atoms with Gasteiger partial charge in [0.15, 0.2) is 0 Å². The molecule has 1 aromatic carbocycles. The predicted molar refractivity (Wildman–Crippen MR) is 58.8 cm³/mol. The molecule has 1 heterocycles. The number of hydrogen-bond acceptors (Lipinski definition) is 2. The van der Waals surface area contributed by atoms with Gasteiger partial charge in [-0.3, -0.25) is 4.98 Å². The molecule has 2 N–H and O–H groups in total. The van der Waals surface area contributed by atoms with Crippen molar-refractivity contribution in [3.63, 3.8) is 0 Å². The van der Waals surface area contributed by atoms with Gasteiger partial charge >= 0.3 is 0 Å². The van der Waals surface area contributed by atoms with E-state index in [1.165, 1.54) is 12.3 Å². The zero-order valence-corrected chi connectivity index (χ0v) is 8.37. The van der Waals surface area contributed by atoms with Crippen LogP contribution < -0.4 is 5.73 Å². The largest absolute Gasteiger partial charge is 0.397 e. The van der Waals surface area contributed by atoms with Gasteiger partial charge in [-0.1, -0.05) is 11.6 Å². The standard InChI is InChI=1S/C12H11FN2/c1-8-2-3-12(13)11(4-8)9-5-10(14)7-15-6-9/h2-7H,14H2,1H3. The number of rotatable bonds is 1. The lowest BCUT2D eigenvalue weighted by Crippen LogP contribution is -1.90. The Morgan fingerprint density at radius 1 is 1.20 bits per heavy atom. The van der Waals surface area contributed by atoms with Gasteiger partial charge in [0.1, 0.15) is 5.82 Å². The molecular weight excluding hydrogens is 191 g/mol. The second-order valence-electron chi connectivity index (χ2n) is 3.49. The smallest absolute Gasteiger partial charge is 0.131 e. The fourth-order valence-corrected chi connectivity index (χ4v) is 1.47. The zero-order chi connectivity index (χ0) is 10.8. The van der Waals surface area contributed by atoms with Gasteiger partial charge in [0, 0.05) is 23.5 Å². The van der Waals surface area contributed by atoms with E-state index in [4.69, 9.17) is 5.73 Å². The molecule has 0 unspecified atom stereocenters. The molecule has 0 aliphatic carbocycles. The average molecular weight is 202 g/mol. The Bertz CT molecular complexity index is 495. The van der Waals surface area contributed by atoms with Gasteiger partial charge < -0.3 is 5.73 Å². The summed E-state index contributed by atoms with van der Waals surface area (Å²) in [6.45, 7) is 1.92. The van der Waals surface area contributed by atoms with Crippen molar-refractivity contribution in [2.45, 2.75) is 6.92 Å². The first-order chi connectivity index (χ1) is 7.16. The van der Waals surface area contributed by atoms with E-state index in [-0.39, 0.29) is 5.82 Å². The number of pyridine rings is 1. The maximum atomic E-state index is 13.5. The van der Waals surface area contributed by atoms with Crippen LogP contribution in [0.1, 0.15) is 5.56 Å². The molecule has 0 fully saturated rings. The van der Waals surface area contributed by atoms with Crippen LogP contribution in [-0.4, -0.2) is 4.98 Å². The predicted octanol–water partition coefficient (Wildman–Crippen LogP) is 2.78. The van der Waals surface area contributed by atoms with Crippen LogP contribution in [0.4, 0.5) is 10.1 Å². The number of aryl methyl sites for hydroxylation is 1. The van der Waals surface area contributed by atoms with Crippen LogP contribution in [0.5, 0.6) is 0 Å². The lowest BCUT2D eigenvalue weighted by Gasteiger charge is -2.04. The normalized spacial score (nSPS) is 10.3. The molecule has 76 valence electrons. The van der Waals surface area contributed by atoms with E-state index in [9.17, 15) is 4.39 Å². The summed E-state index contributed by atoms with van der Waals surface area (Å²) < 4.78 is 13.5. The number of halogens is 1. The minimum atomic E-state index is -0.256. The first-order valence-corrected chi connectivity index (χ1v) is 4.64. The highest BCUT2D eigenvalue weighted by Gasteiger charge is 2.05. The Labute approximate surface area is 87.6 Å². The molecule has 0 radical (unpaired) electrons. The molecule has 0 spiro atoms. The van der Waals surface area contributed by atoms with Crippen molar-refractivity contribution in [1.82, 2.24) is 4.98 Å². The highest BCUT2D eigenvalue weighted by molar-refractivity contribution is 5.67. The van der Waals surface area contributed by atoms with Crippen molar-refractivity contribution in [2.75, 3.05) is 5.73 Å². The Morgan fingerprint density at radius 2 is 2.00 bits per heavy atom. The number of nitrogen functional groups attached to an aromatic ring is 1. The van der Waals surface area contributed by atoms with Crippen molar-refractivity contribution in [2.24, 2.45) is 0 Å². The van der Waals surface area contributed by atoms with E-state index in [1.54, 1.807) is 24.4 Å². The van der Waals surface area contributed by atoms with Crippen molar-refractivity contribution in [3.8, 4) is 11.1 Å². The van der Waals surface area contributed by atoms with Crippen molar-refractivity contribution < 1.29 is 4.39 Å². The van der Waals surface area contributed by atoms with Crippen LogP contribution in [0.3, 0.4) is 0 Å². The molecule has 0 atom stereocenters. The van der Waals surface area contributed by atoms with Gasteiger partial charge in [0.05, 0.1) is 5.69 Å². The van der Waals surface area contributed by atoms with Gasteiger partial charge in [-0.2, -0.15) is 0 Å². The van der Waals surface area contributed by atoms with E-state index in [0.717, 1.165) is 5.56 Å². The SMILES string of the molecule is Cc1ccc(F)c(-c2cncc(N)c2)c1. The van der Waals surface area contributed by atoms with Crippen molar-refractivity contribution in [3.05, 3.63) is 48.0 Å². The lowest BCUT2D eigenvalue weighted by atomic mass is 10.0. The fourth-order valence-electron chi connectivity index (χ4n) is 1.47. The summed E-state index contributed by atoms with van der Waals surface area (Å²) >= 11 is 0. The number of aromatic nitrogens is 1. The Morgan fingerprint density at radius 3 is 2.73 bits per heavy atom. The molecule has 15 heavy (non-hydrogen) atoms. The van der Waals surface area contributed by atoms with Crippen molar-refractivity contribution in [1.29, 1.82) is 0 Å². The summed E-state index contributed by atoms with van der Waals surface area (Å²) in [5.74, 6) is -0.256. The molecule has 2 rings (SSSR count). The summed E-state index contributed by atoms with van der Waals surface area (Å²) in [4.78, 5) is 3.94. The molecule has 0 saturated carbocycles. The van der Waals surface area contributed by atoms with Crippen molar-refractivity contribution >= 4 is 5.69 Å². The molecule has 3 heteroatoms. The number of nitrogens with two attached hydrogens (primary N) is 1. The van der Waals surface area contributed by atoms with Crippen LogP contribution in [0.15, 0.2) is 36.7 Å². The van der Waals surface area contributed by atoms with E-state index < -0.39 is 0 Å². The van der Waals surface area contributed by atoms with E-state index in [1.807, 2.05) is 6.92 Å². The maximum Gasteiger partial charge on any atom is 0.131 e. The molecule has 0 aliphatic heterocycles. The second-order valence-corrected chi connectivity index (χ2v) is 3.49. The highest BCUT2D eigenvalue weighted by Crippen LogP contribution is 2.24. The minimum absolute atomic E-state index is 0.256.